The molecule has 7 rings (SSSR count). The topological polar surface area (TPSA) is 448 Å². The highest BCUT2D eigenvalue weighted by Gasteiger charge is 2.81. The maximum Gasteiger partial charge on any atom is 0.380 e. The van der Waals surface area contributed by atoms with Gasteiger partial charge in [-0.25, -0.2) is 16.8 Å². The monoisotopic (exact) mass is 1350 g/mol. The molecule has 0 aromatic heterocycles. The number of rotatable bonds is 26. The minimum absolute atomic E-state index is 0.218. The average Bonchev–Trinajstić information content (AvgIpc) is 1.51. The van der Waals surface area contributed by atoms with Gasteiger partial charge in [0.2, 0.25) is 19.7 Å². The van der Waals surface area contributed by atoms with E-state index in [0.717, 1.165) is 50.2 Å². The summed E-state index contributed by atoms with van der Waals surface area (Å²) in [6, 6.07) is 8.49. The lowest BCUT2D eigenvalue weighted by atomic mass is 9.86. The summed E-state index contributed by atoms with van der Waals surface area (Å²) < 4.78 is 160. The van der Waals surface area contributed by atoms with Gasteiger partial charge in [-0.2, -0.15) is 26.3 Å². The molecule has 492 valence electrons. The number of hydrogen-bond donors (Lipinski definition) is 8. The van der Waals surface area contributed by atoms with E-state index in [-0.39, 0.29) is 19.6 Å². The Morgan fingerprint density at radius 1 is 0.355 bits per heavy atom. The molecule has 3 aliphatic rings. The van der Waals surface area contributed by atoms with Gasteiger partial charge < -0.3 is 60.5 Å². The summed E-state index contributed by atoms with van der Waals surface area (Å²) >= 11 is 0. The molecular weight excluding hydrogens is 1300 g/mol. The van der Waals surface area contributed by atoms with Gasteiger partial charge in [0, 0.05) is 55.7 Å². The summed E-state index contributed by atoms with van der Waals surface area (Å²) in [6.45, 7) is -8.63. The normalized spacial score (nSPS) is 16.0. The highest BCUT2D eigenvalue weighted by molar-refractivity contribution is 7.96. The number of alkyl halides is 6. The third-order valence-electron chi connectivity index (χ3n) is 14.4. The molecule has 2 aliphatic heterocycles. The molecule has 4 amide bonds. The van der Waals surface area contributed by atoms with Crippen molar-refractivity contribution in [3.63, 3.8) is 0 Å². The molecule has 36 heteroatoms. The van der Waals surface area contributed by atoms with E-state index in [1.165, 1.54) is 0 Å². The zero-order valence-electron chi connectivity index (χ0n) is 47.5. The van der Waals surface area contributed by atoms with Gasteiger partial charge in [-0.3, -0.25) is 57.5 Å². The molecule has 0 radical (unpaired) electrons. The van der Waals surface area contributed by atoms with Gasteiger partial charge in [0.25, 0.3) is 23.6 Å². The molecule has 0 bridgehead atoms. The van der Waals surface area contributed by atoms with Gasteiger partial charge in [0.05, 0.1) is 19.6 Å². The summed E-state index contributed by atoms with van der Waals surface area (Å²) in [7, 11) is -10.8. The molecule has 2 heterocycles. The van der Waals surface area contributed by atoms with E-state index < -0.39 is 272 Å². The van der Waals surface area contributed by atoms with E-state index in [4.69, 9.17) is 0 Å². The quantitative estimate of drug-likeness (QED) is 0.0408. The van der Waals surface area contributed by atoms with Crippen molar-refractivity contribution in [2.75, 3.05) is 52.4 Å². The second-order valence-corrected chi connectivity index (χ2v) is 24.5. The van der Waals surface area contributed by atoms with Crippen molar-refractivity contribution in [3.05, 3.63) is 127 Å². The van der Waals surface area contributed by atoms with Crippen LogP contribution in [-0.2, 0) is 58.0 Å². The minimum Gasteiger partial charge on any atom is -0.480 e. The molecule has 4 aromatic carbocycles. The van der Waals surface area contributed by atoms with Crippen molar-refractivity contribution < 1.29 is 142 Å². The van der Waals surface area contributed by atoms with Crippen molar-refractivity contribution in [3.8, 4) is 22.3 Å². The maximum absolute atomic E-state index is 17.1. The van der Waals surface area contributed by atoms with Crippen LogP contribution in [0, 0.1) is 0 Å². The van der Waals surface area contributed by atoms with E-state index in [0.29, 0.717) is 36.4 Å². The van der Waals surface area contributed by atoms with Crippen molar-refractivity contribution in [2.24, 2.45) is 0 Å². The molecule has 0 fully saturated rings. The molecule has 0 saturated heterocycles. The zero-order valence-corrected chi connectivity index (χ0v) is 49.1. The second-order valence-electron chi connectivity index (χ2n) is 20.6. The van der Waals surface area contributed by atoms with Crippen LogP contribution in [0.25, 0.3) is 33.4 Å². The molecule has 0 saturated carbocycles. The van der Waals surface area contributed by atoms with E-state index in [2.05, 4.69) is 0 Å². The van der Waals surface area contributed by atoms with Crippen LogP contribution in [0.3, 0.4) is 0 Å². The Bertz CT molecular complexity index is 3900. The molecule has 93 heavy (non-hydrogen) atoms. The third kappa shape index (κ3) is 13.1. The van der Waals surface area contributed by atoms with Gasteiger partial charge >= 0.3 is 65.5 Å². The smallest absolute Gasteiger partial charge is 0.380 e. The Morgan fingerprint density at radius 3 is 0.785 bits per heavy atom. The lowest BCUT2D eigenvalue weighted by Gasteiger charge is -2.26. The number of nitrogens with zero attached hydrogens (tertiary/aromatic N) is 4. The number of amides is 4. The van der Waals surface area contributed by atoms with Crippen molar-refractivity contribution in [2.45, 2.75) is 54.2 Å². The fourth-order valence-electron chi connectivity index (χ4n) is 10.7. The first kappa shape index (κ1) is 69.7. The van der Waals surface area contributed by atoms with Crippen LogP contribution in [0.2, 0.25) is 0 Å². The highest BCUT2D eigenvalue weighted by Crippen LogP contribution is 2.68. The molecule has 1 aliphatic carbocycles. The number of benzene rings is 4. The number of aliphatic carboxylic acids is 8. The first-order valence-corrected chi connectivity index (χ1v) is 29.4. The number of allylic oxidation sites excluding steroid dienone is 6. The number of carbonyl (C=O) groups excluding carboxylic acids is 4. The number of carbonyl (C=O) groups is 12. The predicted octanol–water partition coefficient (Wildman–Crippen LogP) is 4.20. The largest absolute Gasteiger partial charge is 0.480 e. The predicted molar refractivity (Wildman–Crippen MR) is 299 cm³/mol. The highest BCUT2D eigenvalue weighted by atomic mass is 32.2. The Kier molecular flexibility index (Phi) is 19.1. The first-order valence-electron chi connectivity index (χ1n) is 26.4. The molecule has 0 spiro atoms. The minimum atomic E-state index is -6.55. The van der Waals surface area contributed by atoms with Crippen LogP contribution >= 0.6 is 0 Å². The van der Waals surface area contributed by atoms with Gasteiger partial charge in [-0.15, -0.1) is 0 Å². The number of sulfone groups is 2. The number of carboxylic acid groups (broad SMARTS) is 8. The third-order valence-corrected chi connectivity index (χ3v) is 18.5. The summed E-state index contributed by atoms with van der Waals surface area (Å²) in [6.07, 6.45) is -1.95. The molecule has 0 atom stereocenters. The van der Waals surface area contributed by atoms with Crippen LogP contribution in [0.4, 0.5) is 26.3 Å². The number of hydrogen-bond acceptors (Lipinski definition) is 16. The first-order chi connectivity index (χ1) is 43.0. The van der Waals surface area contributed by atoms with Crippen LogP contribution in [-0.4, -0.2) is 219 Å². The fraction of sp³-hybridized carbons (Fsp3) is 0.263. The van der Waals surface area contributed by atoms with Gasteiger partial charge in [-0.05, 0) is 83.6 Å². The Balaban J connectivity index is 1.49. The summed E-state index contributed by atoms with van der Waals surface area (Å²) in [5, 5.41) is 75.9. The van der Waals surface area contributed by atoms with Gasteiger partial charge in [0.15, 0.2) is 0 Å². The zero-order chi connectivity index (χ0) is 69.7. The van der Waals surface area contributed by atoms with Crippen LogP contribution in [0.1, 0.15) is 79.2 Å². The Morgan fingerprint density at radius 2 is 0.581 bits per heavy atom. The fourth-order valence-corrected chi connectivity index (χ4v) is 14.4. The molecule has 0 unspecified atom stereocenters. The summed E-state index contributed by atoms with van der Waals surface area (Å²) in [4.78, 5) is 145. The van der Waals surface area contributed by atoms with Crippen LogP contribution in [0.5, 0.6) is 0 Å². The molecule has 28 nitrogen and oxygen atoms in total. The molecular formula is C57H46F6N4O24S2. The molecule has 4 aromatic rings. The Labute approximate surface area is 517 Å². The van der Waals surface area contributed by atoms with Crippen molar-refractivity contribution in [1.29, 1.82) is 0 Å². The lowest BCUT2D eigenvalue weighted by Crippen LogP contribution is -2.49. The molecule has 8 N–H and O–H groups in total. The van der Waals surface area contributed by atoms with E-state index in [1.54, 1.807) is 0 Å². The van der Waals surface area contributed by atoms with E-state index in [9.17, 15) is 115 Å². The lowest BCUT2D eigenvalue weighted by molar-refractivity contribution is -0.263. The van der Waals surface area contributed by atoms with E-state index >= 15 is 26.3 Å². The van der Waals surface area contributed by atoms with Gasteiger partial charge in [-0.1, -0.05) is 38.1 Å². The second kappa shape index (κ2) is 25.5. The van der Waals surface area contributed by atoms with E-state index in [1.807, 2.05) is 0 Å². The van der Waals surface area contributed by atoms with Gasteiger partial charge in [0.1, 0.15) is 52.4 Å². The van der Waals surface area contributed by atoms with Crippen LogP contribution < -0.4 is 0 Å². The average molecular weight is 1350 g/mol. The maximum atomic E-state index is 17.1. The summed E-state index contributed by atoms with van der Waals surface area (Å²) in [5.41, 5.74) is -15.1. The van der Waals surface area contributed by atoms with Crippen LogP contribution in [0.15, 0.2) is 104 Å². The summed E-state index contributed by atoms with van der Waals surface area (Å²) in [5.74, 6) is -39.0. The number of fused-ring (bicyclic) bond motifs is 2. The Hall–Kier alpha value is -10.8. The number of halogens is 6. The number of carboxylic acids is 8. The van der Waals surface area contributed by atoms with Crippen molar-refractivity contribution in [1.82, 2.24) is 19.6 Å². The standard InChI is InChI=1S/C57H46F6N4O24S2/c1-3-35-47(33-7-5-25(15-37(33)92(35,88)89)27-9-29(51(84)64(17-39(68)69)18-40(70)71)13-30(10-27)52(85)65(19-41(72)73)20-42(74)75)49-50(56(60,61)57(62,63)55(49,58)59)48-34-8-6-26(16-38(34)93(90,91)36(48)4-2)28-11-31(53(86)66(21-43(76)77)22-44(78)79)14-32(12-28)54(87)67(23-45(80)81)24-46(82)83/h5-16H,3-4,17-24H2,1-2H3,(H,68,69)(H,70,71)(H,72,73)(H,74,75)(H,76,77)(H,78,79)(H,80,81)(H,82,83). The SMILES string of the molecule is CCC1=C(C2=C(C3=C(CC)S(=O)(=O)c4cc(-c5cc(C(=O)N(CC(=O)O)CC(=O)O)cc(C(=O)N(CC(=O)O)CC(=O)O)c5)ccc43)C(F)(F)C(F)(F)C2(F)F)c2ccc(-c3cc(C(=O)N(CC(=O)O)CC(=O)O)cc(C(=O)N(CC(=O)O)CC(=O)O)c3)cc2S1(=O)=O. The van der Waals surface area contributed by atoms with Crippen molar-refractivity contribution >= 4 is 102 Å².